The number of sulfonamides is 1. The maximum atomic E-state index is 13.8. The molecule has 12 heteroatoms. The molecule has 0 radical (unpaired) electrons. The molecule has 0 aromatic heterocycles. The monoisotopic (exact) mass is 475 g/mol. The topological polar surface area (TPSA) is 87.7 Å². The van der Waals surface area contributed by atoms with Crippen LogP contribution in [-0.2, 0) is 20.9 Å². The minimum atomic E-state index is -4.68. The number of nitrogens with one attached hydrogen (secondary N) is 2. The van der Waals surface area contributed by atoms with E-state index in [4.69, 9.17) is 4.74 Å². The normalized spacial score (nSPS) is 19.5. The molecule has 7 nitrogen and oxygen atoms in total. The molecular formula is C20H21F4N3O4S. The van der Waals surface area contributed by atoms with E-state index in [1.807, 2.05) is 0 Å². The van der Waals surface area contributed by atoms with Crippen LogP contribution in [0.25, 0.3) is 0 Å². The van der Waals surface area contributed by atoms with Gasteiger partial charge in [0.15, 0.2) is 0 Å². The lowest BCUT2D eigenvalue weighted by molar-refractivity contribution is -0.137. The number of benzene rings is 2. The molecule has 0 spiro atoms. The molecule has 2 N–H and O–H groups in total. The molecule has 1 saturated heterocycles. The third kappa shape index (κ3) is 5.49. The number of morpholine rings is 1. The van der Waals surface area contributed by atoms with Crippen LogP contribution in [0.1, 0.15) is 19.4 Å². The van der Waals surface area contributed by atoms with Crippen molar-refractivity contribution in [3.63, 3.8) is 0 Å². The maximum Gasteiger partial charge on any atom is 0.416 e. The molecule has 2 amide bonds. The van der Waals surface area contributed by atoms with Gasteiger partial charge < -0.3 is 15.0 Å². The number of ether oxygens (including phenoxy) is 1. The second kappa shape index (κ2) is 8.94. The Morgan fingerprint density at radius 1 is 1.09 bits per heavy atom. The molecule has 1 fully saturated rings. The van der Waals surface area contributed by atoms with Gasteiger partial charge in [-0.2, -0.15) is 13.2 Å². The van der Waals surface area contributed by atoms with E-state index in [0.717, 1.165) is 24.3 Å². The van der Waals surface area contributed by atoms with Gasteiger partial charge in [-0.15, -0.1) is 0 Å². The summed E-state index contributed by atoms with van der Waals surface area (Å²) in [5.41, 5.74) is -1.01. The number of alkyl halides is 3. The van der Waals surface area contributed by atoms with Gasteiger partial charge >= 0.3 is 12.2 Å². The summed E-state index contributed by atoms with van der Waals surface area (Å²) in [6, 6.07) is 5.86. The highest BCUT2D eigenvalue weighted by molar-refractivity contribution is 7.90. The Hall–Kier alpha value is -2.86. The quantitative estimate of drug-likeness (QED) is 0.654. The van der Waals surface area contributed by atoms with Gasteiger partial charge in [-0.05, 0) is 44.2 Å². The fraction of sp³-hybridized carbons (Fsp3) is 0.350. The highest BCUT2D eigenvalue weighted by Gasteiger charge is 2.33. The van der Waals surface area contributed by atoms with Crippen LogP contribution >= 0.6 is 0 Å². The van der Waals surface area contributed by atoms with Crippen molar-refractivity contribution >= 4 is 27.4 Å². The fourth-order valence-corrected chi connectivity index (χ4v) is 4.44. The highest BCUT2D eigenvalue weighted by Crippen LogP contribution is 2.36. The third-order valence-electron chi connectivity index (χ3n) is 4.69. The van der Waals surface area contributed by atoms with Crippen LogP contribution < -0.4 is 14.9 Å². The van der Waals surface area contributed by atoms with Gasteiger partial charge in [-0.25, -0.2) is 22.3 Å². The van der Waals surface area contributed by atoms with E-state index in [1.165, 1.54) is 18.2 Å². The average Bonchev–Trinajstić information content (AvgIpc) is 2.66. The summed E-state index contributed by atoms with van der Waals surface area (Å²) in [6.07, 6.45) is -5.12. The van der Waals surface area contributed by atoms with Gasteiger partial charge in [0, 0.05) is 13.1 Å². The molecule has 2 atom stereocenters. The number of carbonyl (C=O) groups is 1. The lowest BCUT2D eigenvalue weighted by Crippen LogP contribution is -2.46. The van der Waals surface area contributed by atoms with Crippen LogP contribution in [0.4, 0.5) is 33.7 Å². The van der Waals surface area contributed by atoms with Gasteiger partial charge in [0.2, 0.25) is 0 Å². The molecule has 174 valence electrons. The zero-order chi connectivity index (χ0) is 23.7. The molecule has 0 unspecified atom stereocenters. The molecule has 2 aromatic carbocycles. The third-order valence-corrected chi connectivity index (χ3v) is 6.05. The molecule has 3 rings (SSSR count). The Labute approximate surface area is 182 Å². The number of urea groups is 1. The summed E-state index contributed by atoms with van der Waals surface area (Å²) in [5, 5.41) is 2.16. The summed E-state index contributed by atoms with van der Waals surface area (Å²) in [6.45, 7) is 4.29. The number of nitrogens with zero attached hydrogens (tertiary/aromatic N) is 1. The lowest BCUT2D eigenvalue weighted by atomic mass is 10.1. The van der Waals surface area contributed by atoms with Gasteiger partial charge in [0.05, 0.1) is 29.1 Å². The Balaban J connectivity index is 1.91. The van der Waals surface area contributed by atoms with E-state index >= 15 is 0 Å². The Morgan fingerprint density at radius 2 is 1.72 bits per heavy atom. The van der Waals surface area contributed by atoms with Crippen LogP contribution in [-0.4, -0.2) is 39.7 Å². The van der Waals surface area contributed by atoms with Crippen LogP contribution in [0, 0.1) is 5.82 Å². The van der Waals surface area contributed by atoms with Crippen molar-refractivity contribution in [3.05, 3.63) is 53.8 Å². The van der Waals surface area contributed by atoms with Gasteiger partial charge in [-0.3, -0.25) is 0 Å². The van der Waals surface area contributed by atoms with Crippen LogP contribution in [0.15, 0.2) is 47.4 Å². The second-order valence-electron chi connectivity index (χ2n) is 7.38. The summed E-state index contributed by atoms with van der Waals surface area (Å²) in [7, 11) is -4.60. The number of anilines is 2. The SMILES string of the molecule is C[C@@H]1CN(c2ccc(C(F)(F)F)cc2NC(=O)NS(=O)(=O)c2ccccc2F)C[C@@H](C)O1. The smallest absolute Gasteiger partial charge is 0.372 e. The van der Waals surface area contributed by atoms with Gasteiger partial charge in [0.25, 0.3) is 10.0 Å². The maximum absolute atomic E-state index is 13.8. The number of halogens is 4. The summed E-state index contributed by atoms with van der Waals surface area (Å²) >= 11 is 0. The molecular weight excluding hydrogens is 454 g/mol. The predicted octanol–water partition coefficient (Wildman–Crippen LogP) is 3.97. The molecule has 32 heavy (non-hydrogen) atoms. The standard InChI is InChI=1S/C20H21F4N3O4S/c1-12-10-27(11-13(2)31-12)17-8-7-14(20(22,23)24)9-16(17)25-19(28)26-32(29,30)18-6-4-3-5-15(18)21/h3-9,12-13H,10-11H2,1-2H3,(H2,25,26,28)/t12-,13-/m1/s1. The van der Waals surface area contributed by atoms with Crippen LogP contribution in [0.5, 0.6) is 0 Å². The Bertz CT molecular complexity index is 1100. The van der Waals surface area contributed by atoms with Crippen molar-refractivity contribution in [2.75, 3.05) is 23.3 Å². The molecule has 0 saturated carbocycles. The minimum Gasteiger partial charge on any atom is -0.372 e. The number of rotatable bonds is 4. The lowest BCUT2D eigenvalue weighted by Gasteiger charge is -2.37. The first-order valence-electron chi connectivity index (χ1n) is 9.57. The van der Waals surface area contributed by atoms with Crippen molar-refractivity contribution in [2.24, 2.45) is 0 Å². The number of carbonyl (C=O) groups excluding carboxylic acids is 1. The number of hydrogen-bond donors (Lipinski definition) is 2. The van der Waals surface area contributed by atoms with E-state index in [1.54, 1.807) is 23.5 Å². The first kappa shape index (κ1) is 23.8. The van der Waals surface area contributed by atoms with Crippen LogP contribution in [0.3, 0.4) is 0 Å². The van der Waals surface area contributed by atoms with Crippen molar-refractivity contribution in [1.82, 2.24) is 4.72 Å². The van der Waals surface area contributed by atoms with E-state index in [-0.39, 0.29) is 23.6 Å². The summed E-state index contributed by atoms with van der Waals surface area (Å²) in [5.74, 6) is -1.08. The molecule has 1 heterocycles. The largest absolute Gasteiger partial charge is 0.416 e. The molecule has 0 aliphatic carbocycles. The Kier molecular flexibility index (Phi) is 6.65. The molecule has 2 aromatic rings. The number of amides is 2. The highest BCUT2D eigenvalue weighted by atomic mass is 32.2. The van der Waals surface area contributed by atoms with E-state index < -0.39 is 38.5 Å². The van der Waals surface area contributed by atoms with Crippen molar-refractivity contribution < 1.29 is 35.5 Å². The van der Waals surface area contributed by atoms with Gasteiger partial charge in [0.1, 0.15) is 10.7 Å². The van der Waals surface area contributed by atoms with Gasteiger partial charge in [-0.1, -0.05) is 12.1 Å². The second-order valence-corrected chi connectivity index (χ2v) is 9.03. The molecule has 0 bridgehead atoms. The van der Waals surface area contributed by atoms with Crippen molar-refractivity contribution in [2.45, 2.75) is 37.1 Å². The van der Waals surface area contributed by atoms with Crippen molar-refractivity contribution in [3.8, 4) is 0 Å². The Morgan fingerprint density at radius 3 is 2.31 bits per heavy atom. The van der Waals surface area contributed by atoms with E-state index in [0.29, 0.717) is 13.1 Å². The zero-order valence-corrected chi connectivity index (χ0v) is 17.9. The van der Waals surface area contributed by atoms with Crippen LogP contribution in [0.2, 0.25) is 0 Å². The fourth-order valence-electron chi connectivity index (χ4n) is 3.45. The molecule has 1 aliphatic heterocycles. The zero-order valence-electron chi connectivity index (χ0n) is 17.1. The average molecular weight is 475 g/mol. The number of hydrogen-bond acceptors (Lipinski definition) is 5. The van der Waals surface area contributed by atoms with E-state index in [2.05, 4.69) is 5.32 Å². The van der Waals surface area contributed by atoms with Crippen molar-refractivity contribution in [1.29, 1.82) is 0 Å². The molecule has 1 aliphatic rings. The minimum absolute atomic E-state index is 0.218. The first-order chi connectivity index (χ1) is 14.9. The van der Waals surface area contributed by atoms with E-state index in [9.17, 15) is 30.8 Å². The summed E-state index contributed by atoms with van der Waals surface area (Å²) in [4.78, 5) is 13.4. The first-order valence-corrected chi connectivity index (χ1v) is 11.0. The summed E-state index contributed by atoms with van der Waals surface area (Å²) < 4.78 is 85.5. The predicted molar refractivity (Wildman–Crippen MR) is 109 cm³/mol.